The van der Waals surface area contributed by atoms with Gasteiger partial charge in [-0.1, -0.05) is 6.42 Å². The van der Waals surface area contributed by atoms with Crippen molar-refractivity contribution in [2.24, 2.45) is 5.41 Å². The number of rotatable bonds is 3. The monoisotopic (exact) mass is 317 g/mol. The van der Waals surface area contributed by atoms with Crippen molar-refractivity contribution in [3.8, 4) is 0 Å². The van der Waals surface area contributed by atoms with Crippen molar-refractivity contribution in [2.75, 3.05) is 13.2 Å². The summed E-state index contributed by atoms with van der Waals surface area (Å²) in [6.07, 6.45) is 7.08. The first-order chi connectivity index (χ1) is 11.2. The number of carbonyl (C=O) groups is 1. The molecule has 0 unspecified atom stereocenters. The minimum absolute atomic E-state index is 0.0937. The highest BCUT2D eigenvalue weighted by atomic mass is 16.5. The third-order valence-corrected chi connectivity index (χ3v) is 6.34. The molecule has 126 valence electrons. The summed E-state index contributed by atoms with van der Waals surface area (Å²) in [5, 5.41) is 3.32. The normalized spacial score (nSPS) is 31.2. The second-order valence-electron chi connectivity index (χ2n) is 7.26. The van der Waals surface area contributed by atoms with Crippen LogP contribution in [0.3, 0.4) is 0 Å². The van der Waals surface area contributed by atoms with Gasteiger partial charge in [0.1, 0.15) is 0 Å². The van der Waals surface area contributed by atoms with Crippen LogP contribution in [0.25, 0.3) is 0 Å². The molecule has 2 saturated carbocycles. The molecule has 5 nitrogen and oxygen atoms in total. The standard InChI is InChI=1S/C18H27N3O2/c1-3-23-16-12-15(18(16)7-5-8-18)19-17(22)21-11-10-20-9-4-6-14(20)13(21)2/h4,6,9,13,15-16H,3,5,7-8,10-12H2,1-2H3,(H,19,22)/t13-,15-,16-/m1/s1. The highest BCUT2D eigenvalue weighted by molar-refractivity contribution is 5.75. The number of ether oxygens (including phenoxy) is 1. The van der Waals surface area contributed by atoms with E-state index in [9.17, 15) is 4.79 Å². The summed E-state index contributed by atoms with van der Waals surface area (Å²) in [7, 11) is 0. The number of nitrogens with one attached hydrogen (secondary N) is 1. The maximum Gasteiger partial charge on any atom is 0.318 e. The van der Waals surface area contributed by atoms with Gasteiger partial charge in [-0.15, -0.1) is 0 Å². The molecule has 2 aliphatic carbocycles. The van der Waals surface area contributed by atoms with Crippen LogP contribution in [0.4, 0.5) is 4.79 Å². The lowest BCUT2D eigenvalue weighted by Gasteiger charge is -2.61. The van der Waals surface area contributed by atoms with Gasteiger partial charge in [0.15, 0.2) is 0 Å². The minimum atomic E-state index is 0.0937. The summed E-state index contributed by atoms with van der Waals surface area (Å²) in [6, 6.07) is 4.71. The summed E-state index contributed by atoms with van der Waals surface area (Å²) in [6.45, 7) is 6.62. The highest BCUT2D eigenvalue weighted by Gasteiger charge is 2.59. The van der Waals surface area contributed by atoms with E-state index in [4.69, 9.17) is 4.74 Å². The van der Waals surface area contributed by atoms with Crippen LogP contribution in [0, 0.1) is 5.41 Å². The largest absolute Gasteiger partial charge is 0.378 e. The first kappa shape index (κ1) is 15.1. The van der Waals surface area contributed by atoms with Gasteiger partial charge < -0.3 is 19.5 Å². The van der Waals surface area contributed by atoms with Gasteiger partial charge in [-0.25, -0.2) is 4.79 Å². The maximum atomic E-state index is 12.8. The number of hydrogen-bond acceptors (Lipinski definition) is 2. The molecule has 1 aliphatic heterocycles. The van der Waals surface area contributed by atoms with Crippen LogP contribution in [-0.4, -0.2) is 40.8 Å². The fourth-order valence-electron chi connectivity index (χ4n) is 4.73. The number of fused-ring (bicyclic) bond motifs is 1. The quantitative estimate of drug-likeness (QED) is 0.932. The summed E-state index contributed by atoms with van der Waals surface area (Å²) in [5.41, 5.74) is 1.45. The molecule has 5 heteroatoms. The van der Waals surface area contributed by atoms with Crippen LogP contribution in [-0.2, 0) is 11.3 Å². The lowest BCUT2D eigenvalue weighted by molar-refractivity contribution is -0.170. The van der Waals surface area contributed by atoms with Crippen LogP contribution in [0.2, 0.25) is 0 Å². The first-order valence-corrected chi connectivity index (χ1v) is 8.99. The molecule has 2 heterocycles. The van der Waals surface area contributed by atoms with E-state index >= 15 is 0 Å². The van der Waals surface area contributed by atoms with E-state index in [1.54, 1.807) is 0 Å². The molecule has 3 aliphatic rings. The second kappa shape index (κ2) is 5.55. The molecule has 4 rings (SSSR count). The SMILES string of the molecule is CCO[C@@H]1C[C@@H](NC(=O)N2CCn3cccc3[C@H]2C)C12CCC2. The molecule has 1 aromatic rings. The summed E-state index contributed by atoms with van der Waals surface area (Å²) in [4.78, 5) is 14.8. The van der Waals surface area contributed by atoms with E-state index in [0.29, 0.717) is 12.1 Å². The van der Waals surface area contributed by atoms with Crippen molar-refractivity contribution >= 4 is 6.03 Å². The number of carbonyl (C=O) groups excluding carboxylic acids is 1. The average Bonchev–Trinajstić information content (AvgIpc) is 2.94. The predicted molar refractivity (Wildman–Crippen MR) is 88.2 cm³/mol. The lowest BCUT2D eigenvalue weighted by Crippen LogP contribution is -2.68. The molecule has 3 atom stereocenters. The van der Waals surface area contributed by atoms with Gasteiger partial charge in [-0.2, -0.15) is 0 Å². The zero-order valence-electron chi connectivity index (χ0n) is 14.1. The minimum Gasteiger partial charge on any atom is -0.378 e. The van der Waals surface area contributed by atoms with Gasteiger partial charge in [0.05, 0.1) is 12.1 Å². The Balaban J connectivity index is 1.41. The smallest absolute Gasteiger partial charge is 0.318 e. The third-order valence-electron chi connectivity index (χ3n) is 6.34. The van der Waals surface area contributed by atoms with Gasteiger partial charge in [0, 0.05) is 43.0 Å². The predicted octanol–water partition coefficient (Wildman–Crippen LogP) is 2.92. The Morgan fingerprint density at radius 3 is 2.96 bits per heavy atom. The molecule has 1 aromatic heterocycles. The first-order valence-electron chi connectivity index (χ1n) is 8.99. The van der Waals surface area contributed by atoms with E-state index in [1.807, 2.05) is 4.90 Å². The van der Waals surface area contributed by atoms with E-state index in [2.05, 4.69) is 42.1 Å². The van der Waals surface area contributed by atoms with Crippen molar-refractivity contribution in [3.63, 3.8) is 0 Å². The van der Waals surface area contributed by atoms with E-state index in [1.165, 1.54) is 25.0 Å². The van der Waals surface area contributed by atoms with Gasteiger partial charge in [0.2, 0.25) is 0 Å². The average molecular weight is 317 g/mol. The van der Waals surface area contributed by atoms with Crippen LogP contribution in [0.5, 0.6) is 0 Å². The van der Waals surface area contributed by atoms with Crippen molar-refractivity contribution < 1.29 is 9.53 Å². The van der Waals surface area contributed by atoms with Gasteiger partial charge >= 0.3 is 6.03 Å². The van der Waals surface area contributed by atoms with E-state index < -0.39 is 0 Å². The Labute approximate surface area is 138 Å². The molecule has 1 N–H and O–H groups in total. The second-order valence-corrected chi connectivity index (χ2v) is 7.26. The molecular formula is C18H27N3O2. The Kier molecular flexibility index (Phi) is 3.63. The molecule has 1 spiro atoms. The Hall–Kier alpha value is -1.49. The number of aromatic nitrogens is 1. The van der Waals surface area contributed by atoms with Crippen LogP contribution in [0.15, 0.2) is 18.3 Å². The van der Waals surface area contributed by atoms with Crippen LogP contribution in [0.1, 0.15) is 51.3 Å². The van der Waals surface area contributed by atoms with Crippen molar-refractivity contribution in [2.45, 2.75) is 64.3 Å². The summed E-state index contributed by atoms with van der Waals surface area (Å²) >= 11 is 0. The van der Waals surface area contributed by atoms with Gasteiger partial charge in [-0.3, -0.25) is 0 Å². The topological polar surface area (TPSA) is 46.5 Å². The van der Waals surface area contributed by atoms with Crippen molar-refractivity contribution in [3.05, 3.63) is 24.0 Å². The van der Waals surface area contributed by atoms with Crippen molar-refractivity contribution in [1.29, 1.82) is 0 Å². The highest BCUT2D eigenvalue weighted by Crippen LogP contribution is 2.57. The molecule has 23 heavy (non-hydrogen) atoms. The third kappa shape index (κ3) is 2.20. The van der Waals surface area contributed by atoms with Crippen LogP contribution < -0.4 is 5.32 Å². The molecule has 2 fully saturated rings. The zero-order chi connectivity index (χ0) is 16.0. The molecule has 0 bridgehead atoms. The maximum absolute atomic E-state index is 12.8. The summed E-state index contributed by atoms with van der Waals surface area (Å²) < 4.78 is 8.13. The Bertz CT molecular complexity index is 593. The molecule has 0 aromatic carbocycles. The number of hydrogen-bond donors (Lipinski definition) is 1. The van der Waals surface area contributed by atoms with Crippen molar-refractivity contribution in [1.82, 2.24) is 14.8 Å². The van der Waals surface area contributed by atoms with E-state index in [0.717, 1.165) is 26.1 Å². The van der Waals surface area contributed by atoms with E-state index in [-0.39, 0.29) is 17.5 Å². The fraction of sp³-hybridized carbons (Fsp3) is 0.722. The number of urea groups is 1. The Morgan fingerprint density at radius 1 is 1.43 bits per heavy atom. The molecular weight excluding hydrogens is 290 g/mol. The number of amides is 2. The zero-order valence-corrected chi connectivity index (χ0v) is 14.1. The molecule has 0 saturated heterocycles. The molecule has 0 radical (unpaired) electrons. The van der Waals surface area contributed by atoms with Crippen LogP contribution >= 0.6 is 0 Å². The lowest BCUT2D eigenvalue weighted by atomic mass is 9.51. The van der Waals surface area contributed by atoms with Gasteiger partial charge in [0.25, 0.3) is 0 Å². The number of nitrogens with zero attached hydrogens (tertiary/aromatic N) is 2. The Morgan fingerprint density at radius 2 is 2.26 bits per heavy atom. The molecule has 2 amide bonds. The van der Waals surface area contributed by atoms with Gasteiger partial charge in [-0.05, 0) is 45.2 Å². The fourth-order valence-corrected chi connectivity index (χ4v) is 4.73. The summed E-state index contributed by atoms with van der Waals surface area (Å²) in [5.74, 6) is 0.